The summed E-state index contributed by atoms with van der Waals surface area (Å²) in [5, 5.41) is 6.94. The molecule has 0 saturated carbocycles. The highest BCUT2D eigenvalue weighted by molar-refractivity contribution is 7.99. The van der Waals surface area contributed by atoms with Gasteiger partial charge in [-0.2, -0.15) is 0 Å². The predicted octanol–water partition coefficient (Wildman–Crippen LogP) is 1.37. The average molecular weight is 378 g/mol. The van der Waals surface area contributed by atoms with Crippen LogP contribution in [0, 0.1) is 0 Å². The van der Waals surface area contributed by atoms with E-state index in [0.29, 0.717) is 30.6 Å². The van der Waals surface area contributed by atoms with Crippen LogP contribution < -0.4 is 15.2 Å². The third-order valence-electron chi connectivity index (χ3n) is 3.97. The van der Waals surface area contributed by atoms with Crippen LogP contribution in [0.4, 0.5) is 0 Å². The Morgan fingerprint density at radius 1 is 1.42 bits per heavy atom. The minimum Gasteiger partial charge on any atom is -0.486 e. The number of thioether (sulfide) groups is 1. The van der Waals surface area contributed by atoms with Crippen LogP contribution in [0.15, 0.2) is 34.2 Å². The first-order valence-electron chi connectivity index (χ1n) is 8.49. The van der Waals surface area contributed by atoms with Crippen LogP contribution >= 0.6 is 11.8 Å². The highest BCUT2D eigenvalue weighted by atomic mass is 32.2. The molecule has 0 spiro atoms. The summed E-state index contributed by atoms with van der Waals surface area (Å²) in [6.45, 7) is 3.39. The maximum absolute atomic E-state index is 12.4. The molecule has 1 aromatic heterocycles. The number of H-pyrrole nitrogens is 1. The van der Waals surface area contributed by atoms with E-state index in [0.717, 1.165) is 12.2 Å². The number of carbonyl (C=O) groups is 1. The zero-order valence-electron chi connectivity index (χ0n) is 14.8. The van der Waals surface area contributed by atoms with Crippen LogP contribution in [0.3, 0.4) is 0 Å². The van der Waals surface area contributed by atoms with E-state index in [1.807, 2.05) is 31.2 Å². The van der Waals surface area contributed by atoms with Crippen LogP contribution in [0.1, 0.15) is 13.3 Å². The standard InChI is InChI=1S/C17H22N4O4S/c1-3-8-21-16(23)18-19-17(21)26-11-15(22)20(2)9-12-10-24-13-6-4-5-7-14(13)25-12/h4-7,12H,3,8-11H2,1-2H3,(H,18,23)/t12-/m1/s1. The van der Waals surface area contributed by atoms with Gasteiger partial charge in [0.05, 0.1) is 12.3 Å². The van der Waals surface area contributed by atoms with E-state index in [2.05, 4.69) is 10.2 Å². The van der Waals surface area contributed by atoms with Crippen LogP contribution in [0.2, 0.25) is 0 Å². The fourth-order valence-corrected chi connectivity index (χ4v) is 3.54. The number of amides is 1. The van der Waals surface area contributed by atoms with Crippen molar-refractivity contribution in [2.75, 3.05) is 26.0 Å². The quantitative estimate of drug-likeness (QED) is 0.732. The van der Waals surface area contributed by atoms with E-state index >= 15 is 0 Å². The van der Waals surface area contributed by atoms with Crippen molar-refractivity contribution in [3.63, 3.8) is 0 Å². The molecule has 0 saturated heterocycles. The molecule has 2 heterocycles. The Hall–Kier alpha value is -2.42. The van der Waals surface area contributed by atoms with Gasteiger partial charge in [0.1, 0.15) is 6.61 Å². The van der Waals surface area contributed by atoms with Crippen LogP contribution in [0.25, 0.3) is 0 Å². The van der Waals surface area contributed by atoms with Crippen molar-refractivity contribution in [3.8, 4) is 11.5 Å². The minimum absolute atomic E-state index is 0.0593. The van der Waals surface area contributed by atoms with Crippen molar-refractivity contribution in [2.45, 2.75) is 31.1 Å². The molecule has 9 heteroatoms. The zero-order chi connectivity index (χ0) is 18.5. The van der Waals surface area contributed by atoms with E-state index < -0.39 is 0 Å². The lowest BCUT2D eigenvalue weighted by Gasteiger charge is -2.29. The lowest BCUT2D eigenvalue weighted by atomic mass is 10.2. The lowest BCUT2D eigenvalue weighted by molar-refractivity contribution is -0.128. The average Bonchev–Trinajstić information content (AvgIpc) is 3.00. The molecular formula is C17H22N4O4S. The summed E-state index contributed by atoms with van der Waals surface area (Å²) in [5.41, 5.74) is -0.249. The Balaban J connectivity index is 1.52. The summed E-state index contributed by atoms with van der Waals surface area (Å²) < 4.78 is 13.1. The van der Waals surface area contributed by atoms with Gasteiger partial charge >= 0.3 is 5.69 Å². The van der Waals surface area contributed by atoms with Crippen LogP contribution in [0.5, 0.6) is 11.5 Å². The summed E-state index contributed by atoms with van der Waals surface area (Å²) in [7, 11) is 1.73. The zero-order valence-corrected chi connectivity index (χ0v) is 15.6. The topological polar surface area (TPSA) is 89.4 Å². The van der Waals surface area contributed by atoms with Gasteiger partial charge in [-0.05, 0) is 18.6 Å². The number of nitrogens with zero attached hydrogens (tertiary/aromatic N) is 3. The van der Waals surface area contributed by atoms with Crippen molar-refractivity contribution in [2.24, 2.45) is 0 Å². The number of carbonyl (C=O) groups excluding carboxylic acids is 1. The first kappa shape index (κ1) is 18.4. The van der Waals surface area contributed by atoms with Gasteiger partial charge in [0.15, 0.2) is 22.8 Å². The van der Waals surface area contributed by atoms with Gasteiger partial charge in [-0.1, -0.05) is 30.8 Å². The SMILES string of the molecule is CCCn1c(SCC(=O)N(C)C[C@@H]2COc3ccccc3O2)n[nH]c1=O. The highest BCUT2D eigenvalue weighted by Crippen LogP contribution is 2.31. The molecule has 2 aromatic rings. The fraction of sp³-hybridized carbons (Fsp3) is 0.471. The Morgan fingerprint density at radius 2 is 2.19 bits per heavy atom. The maximum Gasteiger partial charge on any atom is 0.343 e. The number of ether oxygens (including phenoxy) is 2. The Kier molecular flexibility index (Phi) is 5.87. The summed E-state index contributed by atoms with van der Waals surface area (Å²) >= 11 is 1.25. The molecule has 1 atom stereocenters. The van der Waals surface area contributed by atoms with Crippen molar-refractivity contribution in [3.05, 3.63) is 34.7 Å². The third-order valence-corrected chi connectivity index (χ3v) is 4.93. The summed E-state index contributed by atoms with van der Waals surface area (Å²) in [6.07, 6.45) is 0.606. The van der Waals surface area contributed by atoms with E-state index in [9.17, 15) is 9.59 Å². The molecular weight excluding hydrogens is 356 g/mol. The molecule has 1 aliphatic heterocycles. The summed E-state index contributed by atoms with van der Waals surface area (Å²) in [6, 6.07) is 7.48. The number of benzene rings is 1. The normalized spacial score (nSPS) is 15.7. The number of rotatable bonds is 7. The molecule has 0 bridgehead atoms. The third kappa shape index (κ3) is 4.21. The second-order valence-corrected chi connectivity index (χ2v) is 6.97. The molecule has 1 amide bonds. The molecule has 140 valence electrons. The number of fused-ring (bicyclic) bond motifs is 1. The maximum atomic E-state index is 12.4. The van der Waals surface area contributed by atoms with Crippen molar-refractivity contribution >= 4 is 17.7 Å². The number of para-hydroxylation sites is 2. The van der Waals surface area contributed by atoms with Gasteiger partial charge in [-0.15, -0.1) is 5.10 Å². The first-order chi connectivity index (χ1) is 12.6. The Bertz CT molecular complexity index is 819. The number of aromatic nitrogens is 3. The molecule has 0 fully saturated rings. The molecule has 0 radical (unpaired) electrons. The molecule has 0 aliphatic carbocycles. The van der Waals surface area contributed by atoms with E-state index in [1.165, 1.54) is 11.8 Å². The molecule has 1 aliphatic rings. The molecule has 1 aromatic carbocycles. The summed E-state index contributed by atoms with van der Waals surface area (Å²) in [5.74, 6) is 1.56. The largest absolute Gasteiger partial charge is 0.486 e. The number of hydrogen-bond donors (Lipinski definition) is 1. The Morgan fingerprint density at radius 3 is 2.96 bits per heavy atom. The van der Waals surface area contributed by atoms with Crippen molar-refractivity contribution in [1.29, 1.82) is 0 Å². The fourth-order valence-electron chi connectivity index (χ4n) is 2.63. The number of aromatic amines is 1. The monoisotopic (exact) mass is 378 g/mol. The predicted molar refractivity (Wildman–Crippen MR) is 97.9 cm³/mol. The van der Waals surface area contributed by atoms with Crippen LogP contribution in [-0.2, 0) is 11.3 Å². The van der Waals surface area contributed by atoms with Gasteiger partial charge in [0, 0.05) is 13.6 Å². The van der Waals surface area contributed by atoms with Crippen LogP contribution in [-0.4, -0.2) is 57.6 Å². The summed E-state index contributed by atoms with van der Waals surface area (Å²) in [4.78, 5) is 25.7. The first-order valence-corrected chi connectivity index (χ1v) is 9.47. The highest BCUT2D eigenvalue weighted by Gasteiger charge is 2.24. The number of nitrogens with one attached hydrogen (secondary N) is 1. The van der Waals surface area contributed by atoms with Gasteiger partial charge < -0.3 is 14.4 Å². The Labute approximate surface area is 155 Å². The van der Waals surface area contributed by atoms with Gasteiger partial charge in [-0.3, -0.25) is 9.36 Å². The number of likely N-dealkylation sites (N-methyl/N-ethyl adjacent to an activating group) is 1. The van der Waals surface area contributed by atoms with E-state index in [-0.39, 0.29) is 23.5 Å². The van der Waals surface area contributed by atoms with Gasteiger partial charge in [-0.25, -0.2) is 9.89 Å². The lowest BCUT2D eigenvalue weighted by Crippen LogP contribution is -2.42. The molecule has 26 heavy (non-hydrogen) atoms. The van der Waals surface area contributed by atoms with Gasteiger partial charge in [0.25, 0.3) is 0 Å². The molecule has 8 nitrogen and oxygen atoms in total. The molecule has 1 N–H and O–H groups in total. The number of hydrogen-bond acceptors (Lipinski definition) is 6. The van der Waals surface area contributed by atoms with Crippen molar-refractivity contribution in [1.82, 2.24) is 19.7 Å². The molecule has 3 rings (SSSR count). The molecule has 0 unspecified atom stereocenters. The minimum atomic E-state index is -0.249. The van der Waals surface area contributed by atoms with E-state index in [1.54, 1.807) is 16.5 Å². The second kappa shape index (κ2) is 8.31. The van der Waals surface area contributed by atoms with E-state index in [4.69, 9.17) is 9.47 Å². The smallest absolute Gasteiger partial charge is 0.343 e. The van der Waals surface area contributed by atoms with Gasteiger partial charge in [0.2, 0.25) is 5.91 Å². The second-order valence-electron chi connectivity index (χ2n) is 6.02. The van der Waals surface area contributed by atoms with Crippen molar-refractivity contribution < 1.29 is 14.3 Å².